The van der Waals surface area contributed by atoms with Crippen LogP contribution in [0, 0.1) is 0 Å². The monoisotopic (exact) mass is 519 g/mol. The lowest BCUT2D eigenvalue weighted by Gasteiger charge is -2.10. The number of carbonyl (C=O) groups excluding carboxylic acids is 1. The predicted molar refractivity (Wildman–Crippen MR) is 130 cm³/mol. The van der Waals surface area contributed by atoms with Crippen molar-refractivity contribution in [2.75, 3.05) is 18.5 Å². The van der Waals surface area contributed by atoms with Crippen molar-refractivity contribution >= 4 is 50.8 Å². The molecule has 176 valence electrons. The van der Waals surface area contributed by atoms with E-state index in [2.05, 4.69) is 10.3 Å². The molecular weight excluding hydrogens is 501 g/mol. The zero-order valence-corrected chi connectivity index (χ0v) is 20.2. The topological polar surface area (TPSA) is 99.0 Å². The van der Waals surface area contributed by atoms with Crippen LogP contribution in [0.15, 0.2) is 71.8 Å². The first kappa shape index (κ1) is 23.9. The van der Waals surface area contributed by atoms with Crippen molar-refractivity contribution in [2.45, 2.75) is 11.8 Å². The third-order valence-electron chi connectivity index (χ3n) is 4.70. The molecule has 0 aliphatic rings. The molecule has 0 bridgehead atoms. The molecule has 11 heteroatoms. The Morgan fingerprint density at radius 1 is 1.06 bits per heavy atom. The van der Waals surface area contributed by atoms with E-state index in [1.807, 2.05) is 0 Å². The van der Waals surface area contributed by atoms with Gasteiger partial charge >= 0.3 is 16.1 Å². The average Bonchev–Trinajstić information content (AvgIpc) is 3.16. The summed E-state index contributed by atoms with van der Waals surface area (Å²) in [5.74, 6) is 0.152. The molecule has 2 aromatic carbocycles. The van der Waals surface area contributed by atoms with Gasteiger partial charge in [-0.3, -0.25) is 9.20 Å². The molecule has 4 rings (SSSR count). The number of rotatable bonds is 8. The minimum absolute atomic E-state index is 0.0264. The molecule has 4 aromatic rings. The maximum atomic E-state index is 12.7. The lowest BCUT2D eigenvalue weighted by atomic mass is 10.1. The summed E-state index contributed by atoms with van der Waals surface area (Å²) in [5.41, 5.74) is 1.61. The summed E-state index contributed by atoms with van der Waals surface area (Å²) in [6, 6.07) is 15.6. The Hall–Kier alpha value is -3.27. The fourth-order valence-corrected chi connectivity index (χ4v) is 4.44. The maximum Gasteiger partial charge on any atom is 0.339 e. The van der Waals surface area contributed by atoms with Gasteiger partial charge in [0.1, 0.15) is 34.3 Å². The summed E-state index contributed by atoms with van der Waals surface area (Å²) < 4.78 is 37.4. The Kier molecular flexibility index (Phi) is 6.97. The molecule has 8 nitrogen and oxygen atoms in total. The molecular formula is C23H19Cl2N3O5S. The minimum atomic E-state index is -4.08. The van der Waals surface area contributed by atoms with E-state index in [0.717, 1.165) is 0 Å². The normalized spacial score (nSPS) is 11.4. The maximum absolute atomic E-state index is 12.7. The van der Waals surface area contributed by atoms with Gasteiger partial charge < -0.3 is 14.2 Å². The number of halogens is 2. The summed E-state index contributed by atoms with van der Waals surface area (Å²) in [7, 11) is -4.08. The third-order valence-corrected chi connectivity index (χ3v) is 6.44. The van der Waals surface area contributed by atoms with Crippen LogP contribution in [0.5, 0.6) is 5.75 Å². The van der Waals surface area contributed by atoms with Crippen LogP contribution in [-0.2, 0) is 19.6 Å². The highest BCUT2D eigenvalue weighted by atomic mass is 35.5. The number of aromatic nitrogens is 2. The van der Waals surface area contributed by atoms with Crippen LogP contribution in [0.25, 0.3) is 16.9 Å². The first-order valence-corrected chi connectivity index (χ1v) is 12.3. The van der Waals surface area contributed by atoms with Crippen molar-refractivity contribution in [1.29, 1.82) is 0 Å². The molecule has 1 N–H and O–H groups in total. The summed E-state index contributed by atoms with van der Waals surface area (Å²) in [4.78, 5) is 16.5. The first-order valence-electron chi connectivity index (χ1n) is 10.1. The molecule has 2 heterocycles. The van der Waals surface area contributed by atoms with E-state index in [9.17, 15) is 13.2 Å². The number of hydrogen-bond acceptors (Lipinski definition) is 7. The second-order valence-electron chi connectivity index (χ2n) is 7.06. The number of benzene rings is 2. The Bertz CT molecular complexity index is 1450. The van der Waals surface area contributed by atoms with E-state index >= 15 is 0 Å². The first-order chi connectivity index (χ1) is 16.3. The quantitative estimate of drug-likeness (QED) is 0.256. The van der Waals surface area contributed by atoms with Gasteiger partial charge in [-0.15, -0.1) is 0 Å². The molecule has 34 heavy (non-hydrogen) atoms. The number of anilines is 1. The zero-order chi connectivity index (χ0) is 24.3. The van der Waals surface area contributed by atoms with Gasteiger partial charge in [0.15, 0.2) is 0 Å². The van der Waals surface area contributed by atoms with E-state index in [-0.39, 0.29) is 23.8 Å². The molecule has 0 radical (unpaired) electrons. The van der Waals surface area contributed by atoms with Gasteiger partial charge in [-0.1, -0.05) is 35.3 Å². The standard InChI is InChI=1S/C23H19Cl2N3O5S/c1-2-32-21(29)13-26-23-22(27-20-11-8-17(25)14-28(20)23)15-4-3-5-18(12-15)33-34(30,31)19-9-6-16(24)7-10-19/h3-12,14,26H,2,13H2,1H3. The fourth-order valence-electron chi connectivity index (χ4n) is 3.23. The number of carbonyl (C=O) groups is 1. The van der Waals surface area contributed by atoms with Gasteiger partial charge in [-0.05, 0) is 55.5 Å². The third kappa shape index (κ3) is 5.27. The van der Waals surface area contributed by atoms with Crippen LogP contribution in [0.2, 0.25) is 10.0 Å². The number of ether oxygens (including phenoxy) is 1. The highest BCUT2D eigenvalue weighted by Crippen LogP contribution is 2.32. The Morgan fingerprint density at radius 2 is 1.79 bits per heavy atom. The van der Waals surface area contributed by atoms with Crippen molar-refractivity contribution in [2.24, 2.45) is 0 Å². The zero-order valence-electron chi connectivity index (χ0n) is 17.9. The number of fused-ring (bicyclic) bond motifs is 1. The van der Waals surface area contributed by atoms with E-state index < -0.39 is 16.1 Å². The second kappa shape index (κ2) is 9.92. The Morgan fingerprint density at radius 3 is 2.53 bits per heavy atom. The number of esters is 1. The summed E-state index contributed by atoms with van der Waals surface area (Å²) >= 11 is 12.0. The van der Waals surface area contributed by atoms with Crippen LogP contribution >= 0.6 is 23.2 Å². The molecule has 0 unspecified atom stereocenters. The molecule has 0 amide bonds. The summed E-state index contributed by atoms with van der Waals surface area (Å²) in [6.45, 7) is 1.89. The lowest BCUT2D eigenvalue weighted by Crippen LogP contribution is -2.17. The highest BCUT2D eigenvalue weighted by Gasteiger charge is 2.19. The molecule has 0 spiro atoms. The van der Waals surface area contributed by atoms with Crippen LogP contribution in [0.1, 0.15) is 6.92 Å². The van der Waals surface area contributed by atoms with Gasteiger partial charge in [0.05, 0.1) is 11.6 Å². The van der Waals surface area contributed by atoms with Crippen molar-refractivity contribution in [3.05, 3.63) is 76.9 Å². The van der Waals surface area contributed by atoms with Gasteiger partial charge in [-0.25, -0.2) is 4.98 Å². The second-order valence-corrected chi connectivity index (χ2v) is 9.48. The van der Waals surface area contributed by atoms with Crippen molar-refractivity contribution < 1.29 is 22.1 Å². The van der Waals surface area contributed by atoms with E-state index in [1.54, 1.807) is 47.9 Å². The van der Waals surface area contributed by atoms with E-state index in [0.29, 0.717) is 32.8 Å². The number of imidazole rings is 1. The van der Waals surface area contributed by atoms with Gasteiger partial charge in [0.25, 0.3) is 0 Å². The molecule has 0 aliphatic heterocycles. The minimum Gasteiger partial charge on any atom is -0.465 e. The number of nitrogens with zero attached hydrogens (tertiary/aromatic N) is 2. The molecule has 0 aliphatic carbocycles. The summed E-state index contributed by atoms with van der Waals surface area (Å²) in [5, 5.41) is 3.93. The SMILES string of the molecule is CCOC(=O)CNc1c(-c2cccc(OS(=O)(=O)c3ccc(Cl)cc3)c2)nc2ccc(Cl)cn12. The average molecular weight is 520 g/mol. The van der Waals surface area contributed by atoms with Crippen molar-refractivity contribution in [3.63, 3.8) is 0 Å². The number of hydrogen-bond donors (Lipinski definition) is 1. The highest BCUT2D eigenvalue weighted by molar-refractivity contribution is 7.87. The summed E-state index contributed by atoms with van der Waals surface area (Å²) in [6.07, 6.45) is 1.66. The van der Waals surface area contributed by atoms with Crippen LogP contribution in [0.3, 0.4) is 0 Å². The van der Waals surface area contributed by atoms with Crippen LogP contribution < -0.4 is 9.50 Å². The van der Waals surface area contributed by atoms with Crippen molar-refractivity contribution in [3.8, 4) is 17.0 Å². The fraction of sp³-hybridized carbons (Fsp3) is 0.130. The number of nitrogens with one attached hydrogen (secondary N) is 1. The van der Waals surface area contributed by atoms with E-state index in [1.165, 1.54) is 30.3 Å². The lowest BCUT2D eigenvalue weighted by molar-refractivity contribution is -0.140. The molecule has 0 saturated heterocycles. The largest absolute Gasteiger partial charge is 0.465 e. The predicted octanol–water partition coefficient (Wildman–Crippen LogP) is 5.05. The Balaban J connectivity index is 1.70. The molecule has 0 fully saturated rings. The van der Waals surface area contributed by atoms with Gasteiger partial charge in [0, 0.05) is 16.8 Å². The van der Waals surface area contributed by atoms with Gasteiger partial charge in [0.2, 0.25) is 0 Å². The van der Waals surface area contributed by atoms with Crippen molar-refractivity contribution in [1.82, 2.24) is 9.38 Å². The van der Waals surface area contributed by atoms with E-state index in [4.69, 9.17) is 32.1 Å². The van der Waals surface area contributed by atoms with Gasteiger partial charge in [-0.2, -0.15) is 8.42 Å². The van der Waals surface area contributed by atoms with Crippen LogP contribution in [-0.4, -0.2) is 36.9 Å². The molecule has 0 saturated carbocycles. The smallest absolute Gasteiger partial charge is 0.339 e. The Labute approximate surface area is 206 Å². The number of pyridine rings is 1. The van der Waals surface area contributed by atoms with Crippen LogP contribution in [0.4, 0.5) is 5.82 Å². The molecule has 2 aromatic heterocycles. The molecule has 0 atom stereocenters.